The summed E-state index contributed by atoms with van der Waals surface area (Å²) in [5.41, 5.74) is 8.91. The molecule has 0 aliphatic heterocycles. The molecule has 0 radical (unpaired) electrons. The Morgan fingerprint density at radius 2 is 2.17 bits per heavy atom. The lowest BCUT2D eigenvalue weighted by Gasteiger charge is -2.12. The van der Waals surface area contributed by atoms with Crippen molar-refractivity contribution < 1.29 is 4.74 Å². The minimum absolute atomic E-state index is 0.139. The molecule has 0 saturated carbocycles. The molecular weight excluding hydrogens is 244 g/mol. The number of nitrogens with zero attached hydrogens (tertiary/aromatic N) is 1. The number of nitrogens with two attached hydrogens (primary N) is 1. The Labute approximate surface area is 112 Å². The van der Waals surface area contributed by atoms with Gasteiger partial charge in [0.25, 0.3) is 0 Å². The van der Waals surface area contributed by atoms with Gasteiger partial charge in [0.2, 0.25) is 0 Å². The zero-order valence-electron chi connectivity index (χ0n) is 10.9. The number of nitrogen functional groups attached to an aromatic ring is 1. The zero-order valence-corrected chi connectivity index (χ0v) is 11.8. The van der Waals surface area contributed by atoms with E-state index in [4.69, 9.17) is 10.5 Å². The number of hydrogen-bond acceptors (Lipinski definition) is 4. The Morgan fingerprint density at radius 3 is 2.72 bits per heavy atom. The second-order valence-corrected chi connectivity index (χ2v) is 5.54. The van der Waals surface area contributed by atoms with Crippen LogP contribution in [-0.4, -0.2) is 11.1 Å². The molecule has 2 N–H and O–H groups in total. The molecule has 4 heteroatoms. The third kappa shape index (κ3) is 3.23. The van der Waals surface area contributed by atoms with E-state index in [1.54, 1.807) is 11.3 Å². The van der Waals surface area contributed by atoms with Gasteiger partial charge in [-0.1, -0.05) is 6.07 Å². The minimum atomic E-state index is 0.139. The summed E-state index contributed by atoms with van der Waals surface area (Å²) >= 11 is 1.68. The smallest absolute Gasteiger partial charge is 0.142 e. The Hall–Kier alpha value is -1.55. The van der Waals surface area contributed by atoms with Gasteiger partial charge in [-0.3, -0.25) is 0 Å². The van der Waals surface area contributed by atoms with E-state index in [0.717, 1.165) is 28.4 Å². The van der Waals surface area contributed by atoms with E-state index in [1.165, 1.54) is 0 Å². The summed E-state index contributed by atoms with van der Waals surface area (Å²) < 4.78 is 5.62. The molecule has 0 spiro atoms. The Bertz CT molecular complexity index is 534. The molecule has 0 atom stereocenters. The fourth-order valence-corrected chi connectivity index (χ4v) is 2.53. The number of hydrogen-bond donors (Lipinski definition) is 1. The van der Waals surface area contributed by atoms with E-state index >= 15 is 0 Å². The molecule has 0 unspecified atom stereocenters. The number of rotatable bonds is 4. The van der Waals surface area contributed by atoms with Crippen LogP contribution in [0.5, 0.6) is 5.75 Å². The molecule has 1 aromatic heterocycles. The molecule has 18 heavy (non-hydrogen) atoms. The maximum Gasteiger partial charge on any atom is 0.142 e. The minimum Gasteiger partial charge on any atom is -0.489 e. The Morgan fingerprint density at radius 1 is 1.39 bits per heavy atom. The molecule has 0 saturated heterocycles. The molecule has 0 aliphatic carbocycles. The predicted molar refractivity (Wildman–Crippen MR) is 76.3 cm³/mol. The first kappa shape index (κ1) is 12.9. The van der Waals surface area contributed by atoms with Crippen molar-refractivity contribution in [1.29, 1.82) is 0 Å². The summed E-state index contributed by atoms with van der Waals surface area (Å²) in [6.07, 6.45) is 0.963. The van der Waals surface area contributed by atoms with Crippen LogP contribution >= 0.6 is 11.3 Å². The first-order valence-electron chi connectivity index (χ1n) is 6.00. The molecule has 0 aliphatic rings. The van der Waals surface area contributed by atoms with Crippen LogP contribution in [-0.2, 0) is 6.42 Å². The van der Waals surface area contributed by atoms with Crippen LogP contribution in [0.1, 0.15) is 30.1 Å². The second-order valence-electron chi connectivity index (χ2n) is 4.60. The molecule has 0 fully saturated rings. The van der Waals surface area contributed by atoms with Gasteiger partial charge in [-0.05, 0) is 38.5 Å². The molecule has 2 aromatic rings. The second kappa shape index (κ2) is 5.40. The van der Waals surface area contributed by atoms with Crippen molar-refractivity contribution in [3.8, 4) is 5.75 Å². The number of aryl methyl sites for hydroxylation is 1. The van der Waals surface area contributed by atoms with Crippen LogP contribution in [0.15, 0.2) is 23.6 Å². The summed E-state index contributed by atoms with van der Waals surface area (Å²) in [6.45, 7) is 5.99. The number of benzene rings is 1. The summed E-state index contributed by atoms with van der Waals surface area (Å²) in [4.78, 5) is 4.45. The molecule has 1 heterocycles. The first-order valence-corrected chi connectivity index (χ1v) is 6.88. The van der Waals surface area contributed by atoms with Gasteiger partial charge < -0.3 is 10.5 Å². The zero-order chi connectivity index (χ0) is 13.1. The van der Waals surface area contributed by atoms with E-state index in [9.17, 15) is 0 Å². The van der Waals surface area contributed by atoms with Crippen LogP contribution in [0.4, 0.5) is 5.69 Å². The average Bonchev–Trinajstić information content (AvgIpc) is 2.68. The quantitative estimate of drug-likeness (QED) is 0.859. The van der Waals surface area contributed by atoms with E-state index in [1.807, 2.05) is 39.0 Å². The third-order valence-corrected chi connectivity index (χ3v) is 3.43. The highest BCUT2D eigenvalue weighted by Crippen LogP contribution is 2.25. The molecule has 3 nitrogen and oxygen atoms in total. The van der Waals surface area contributed by atoms with Crippen LogP contribution in [0.2, 0.25) is 0 Å². The first-order chi connectivity index (χ1) is 8.54. The van der Waals surface area contributed by atoms with Crippen molar-refractivity contribution in [3.05, 3.63) is 39.8 Å². The lowest BCUT2D eigenvalue weighted by Crippen LogP contribution is -2.07. The van der Waals surface area contributed by atoms with E-state index in [2.05, 4.69) is 10.4 Å². The third-order valence-electron chi connectivity index (χ3n) is 2.46. The number of ether oxygens (including phenoxy) is 1. The van der Waals surface area contributed by atoms with Gasteiger partial charge in [-0.15, -0.1) is 11.3 Å². The number of anilines is 1. The van der Waals surface area contributed by atoms with E-state index in [0.29, 0.717) is 5.69 Å². The summed E-state index contributed by atoms with van der Waals surface area (Å²) in [7, 11) is 0. The largest absolute Gasteiger partial charge is 0.489 e. The van der Waals surface area contributed by atoms with Crippen molar-refractivity contribution in [1.82, 2.24) is 4.98 Å². The van der Waals surface area contributed by atoms with E-state index < -0.39 is 0 Å². The van der Waals surface area contributed by atoms with Gasteiger partial charge in [0.15, 0.2) is 0 Å². The molecule has 2 rings (SSSR count). The highest BCUT2D eigenvalue weighted by molar-refractivity contribution is 7.09. The molecular formula is C14H18N2OS. The highest BCUT2D eigenvalue weighted by Gasteiger charge is 2.06. The maximum atomic E-state index is 5.99. The topological polar surface area (TPSA) is 48.1 Å². The van der Waals surface area contributed by atoms with Crippen molar-refractivity contribution in [2.45, 2.75) is 33.3 Å². The fourth-order valence-electron chi connectivity index (χ4n) is 1.73. The normalized spacial score (nSPS) is 10.9. The van der Waals surface area contributed by atoms with Gasteiger partial charge in [-0.25, -0.2) is 4.98 Å². The molecule has 96 valence electrons. The van der Waals surface area contributed by atoms with Gasteiger partial charge in [-0.2, -0.15) is 0 Å². The summed E-state index contributed by atoms with van der Waals surface area (Å²) in [5.74, 6) is 0.754. The van der Waals surface area contributed by atoms with Crippen LogP contribution in [0.3, 0.4) is 0 Å². The van der Waals surface area contributed by atoms with Crippen LogP contribution in [0.25, 0.3) is 0 Å². The molecule has 0 amide bonds. The van der Waals surface area contributed by atoms with Crippen molar-refractivity contribution in [3.63, 3.8) is 0 Å². The predicted octanol–water partition coefficient (Wildman–Crippen LogP) is 3.41. The summed E-state index contributed by atoms with van der Waals surface area (Å²) in [5, 5.41) is 3.18. The number of aromatic nitrogens is 1. The van der Waals surface area contributed by atoms with Crippen molar-refractivity contribution in [2.75, 3.05) is 5.73 Å². The van der Waals surface area contributed by atoms with Gasteiger partial charge in [0.05, 0.1) is 16.8 Å². The average molecular weight is 262 g/mol. The van der Waals surface area contributed by atoms with Crippen LogP contribution in [0, 0.1) is 6.92 Å². The maximum absolute atomic E-state index is 5.99. The monoisotopic (exact) mass is 262 g/mol. The molecule has 0 bridgehead atoms. The molecule has 1 aromatic carbocycles. The highest BCUT2D eigenvalue weighted by atomic mass is 32.1. The fraction of sp³-hybridized carbons (Fsp3) is 0.357. The van der Waals surface area contributed by atoms with E-state index in [-0.39, 0.29) is 6.10 Å². The van der Waals surface area contributed by atoms with Gasteiger partial charge >= 0.3 is 0 Å². The Balaban J connectivity index is 2.13. The lowest BCUT2D eigenvalue weighted by atomic mass is 10.1. The van der Waals surface area contributed by atoms with Gasteiger partial charge in [0.1, 0.15) is 5.75 Å². The summed E-state index contributed by atoms with van der Waals surface area (Å²) in [6, 6.07) is 5.95. The number of thiazole rings is 1. The van der Waals surface area contributed by atoms with Gasteiger partial charge in [0, 0.05) is 17.5 Å². The lowest BCUT2D eigenvalue weighted by molar-refractivity contribution is 0.244. The van der Waals surface area contributed by atoms with Crippen molar-refractivity contribution >= 4 is 17.0 Å². The van der Waals surface area contributed by atoms with Crippen LogP contribution < -0.4 is 10.5 Å². The standard InChI is InChI=1S/C14H18N2OS/c1-9(2)17-13-5-4-11(6-12(13)15)7-14-16-10(3)8-18-14/h4-6,8-9H,7,15H2,1-3H3. The Kier molecular flexibility index (Phi) is 3.87. The van der Waals surface area contributed by atoms with Crippen molar-refractivity contribution in [2.24, 2.45) is 0 Å². The SMILES string of the molecule is Cc1csc(Cc2ccc(OC(C)C)c(N)c2)n1.